The summed E-state index contributed by atoms with van der Waals surface area (Å²) in [5, 5.41) is 0.409. The first kappa shape index (κ1) is 14.8. The second-order valence-electron chi connectivity index (χ2n) is 5.51. The minimum Gasteiger partial charge on any atom is -0.375 e. The number of benzene rings is 1. The lowest BCUT2D eigenvalue weighted by molar-refractivity contribution is 0.0667. The maximum atomic E-state index is 12.9. The van der Waals surface area contributed by atoms with Crippen molar-refractivity contribution in [1.29, 1.82) is 0 Å². The molecule has 0 aliphatic heterocycles. The van der Waals surface area contributed by atoms with Crippen molar-refractivity contribution >= 4 is 11.6 Å². The Morgan fingerprint density at radius 1 is 1.21 bits per heavy atom. The van der Waals surface area contributed by atoms with Gasteiger partial charge in [-0.3, -0.25) is 0 Å². The molecule has 2 nitrogen and oxygen atoms in total. The summed E-state index contributed by atoms with van der Waals surface area (Å²) < 4.78 is 18.6. The first-order chi connectivity index (χ1) is 9.09. The summed E-state index contributed by atoms with van der Waals surface area (Å²) >= 11 is 5.96. The van der Waals surface area contributed by atoms with Crippen molar-refractivity contribution in [1.82, 2.24) is 0 Å². The molecule has 0 radical (unpaired) electrons. The molecule has 1 aliphatic rings. The average Bonchev–Trinajstić information content (AvgIpc) is 2.57. The minimum atomic E-state index is -0.326. The van der Waals surface area contributed by atoms with Crippen molar-refractivity contribution in [2.45, 2.75) is 50.7 Å². The van der Waals surface area contributed by atoms with Crippen molar-refractivity contribution in [3.63, 3.8) is 0 Å². The summed E-state index contributed by atoms with van der Waals surface area (Å²) in [6.45, 7) is 0.929. The van der Waals surface area contributed by atoms with Crippen molar-refractivity contribution in [2.24, 2.45) is 5.73 Å². The zero-order chi connectivity index (χ0) is 13.7. The number of nitrogens with two attached hydrogens (primary N) is 1. The Morgan fingerprint density at radius 2 is 1.89 bits per heavy atom. The molecule has 1 aromatic carbocycles. The van der Waals surface area contributed by atoms with E-state index in [9.17, 15) is 4.39 Å². The maximum absolute atomic E-state index is 12.9. The minimum absolute atomic E-state index is 0.205. The summed E-state index contributed by atoms with van der Waals surface area (Å²) in [6.07, 6.45) is 6.92. The van der Waals surface area contributed by atoms with Gasteiger partial charge in [0.15, 0.2) is 0 Å². The highest BCUT2D eigenvalue weighted by Gasteiger charge is 2.26. The SMILES string of the molecule is NC1(COCc2ccc(F)cc2Cl)CCCCCC1. The predicted molar refractivity (Wildman–Crippen MR) is 75.7 cm³/mol. The molecule has 106 valence electrons. The molecule has 2 N–H and O–H groups in total. The molecule has 2 rings (SSSR count). The van der Waals surface area contributed by atoms with E-state index in [2.05, 4.69) is 0 Å². The summed E-state index contributed by atoms with van der Waals surface area (Å²) in [4.78, 5) is 0. The van der Waals surface area contributed by atoms with Crippen LogP contribution in [0.25, 0.3) is 0 Å². The smallest absolute Gasteiger partial charge is 0.124 e. The molecule has 0 aromatic heterocycles. The van der Waals surface area contributed by atoms with E-state index in [1.54, 1.807) is 6.07 Å². The number of hydrogen-bond acceptors (Lipinski definition) is 2. The van der Waals surface area contributed by atoms with Gasteiger partial charge in [0, 0.05) is 10.6 Å². The van der Waals surface area contributed by atoms with Gasteiger partial charge in [0.25, 0.3) is 0 Å². The third-order valence-corrected chi connectivity index (χ3v) is 4.11. The van der Waals surface area contributed by atoms with Crippen LogP contribution < -0.4 is 5.73 Å². The lowest BCUT2D eigenvalue weighted by atomic mass is 9.92. The van der Waals surface area contributed by atoms with Crippen LogP contribution in [0.1, 0.15) is 44.1 Å². The Kier molecular flexibility index (Phi) is 5.20. The van der Waals surface area contributed by atoms with Crippen LogP contribution in [0, 0.1) is 5.82 Å². The first-order valence-electron chi connectivity index (χ1n) is 6.90. The molecule has 0 unspecified atom stereocenters. The van der Waals surface area contributed by atoms with E-state index in [0.29, 0.717) is 18.2 Å². The van der Waals surface area contributed by atoms with E-state index >= 15 is 0 Å². The van der Waals surface area contributed by atoms with E-state index in [1.807, 2.05) is 0 Å². The molecule has 0 amide bonds. The zero-order valence-electron chi connectivity index (χ0n) is 11.1. The van der Waals surface area contributed by atoms with Gasteiger partial charge in [0.1, 0.15) is 5.82 Å². The summed E-state index contributed by atoms with van der Waals surface area (Å²) in [5.41, 5.74) is 6.97. The Labute approximate surface area is 119 Å². The van der Waals surface area contributed by atoms with Crippen molar-refractivity contribution in [2.75, 3.05) is 6.61 Å². The van der Waals surface area contributed by atoms with Crippen LogP contribution >= 0.6 is 11.6 Å². The largest absolute Gasteiger partial charge is 0.375 e. The molecular formula is C15H21ClFNO. The van der Waals surface area contributed by atoms with E-state index < -0.39 is 0 Å². The van der Waals surface area contributed by atoms with Crippen LogP contribution in [-0.4, -0.2) is 12.1 Å². The topological polar surface area (TPSA) is 35.2 Å². The van der Waals surface area contributed by atoms with Crippen LogP contribution in [0.3, 0.4) is 0 Å². The number of halogens is 2. The highest BCUT2D eigenvalue weighted by molar-refractivity contribution is 6.31. The summed E-state index contributed by atoms with van der Waals surface area (Å²) in [6, 6.07) is 4.37. The van der Waals surface area contributed by atoms with Gasteiger partial charge in [-0.2, -0.15) is 0 Å². The lowest BCUT2D eigenvalue weighted by Crippen LogP contribution is -2.43. The van der Waals surface area contributed by atoms with Crippen LogP contribution in [0.2, 0.25) is 5.02 Å². The predicted octanol–water partition coefficient (Wildman–Crippen LogP) is 4.05. The highest BCUT2D eigenvalue weighted by Crippen LogP contribution is 2.26. The third kappa shape index (κ3) is 4.44. The Morgan fingerprint density at radius 3 is 2.53 bits per heavy atom. The molecule has 0 heterocycles. The van der Waals surface area contributed by atoms with Crippen molar-refractivity contribution in [3.05, 3.63) is 34.6 Å². The molecular weight excluding hydrogens is 265 g/mol. The molecule has 1 saturated carbocycles. The number of hydrogen-bond donors (Lipinski definition) is 1. The molecule has 0 atom stereocenters. The number of ether oxygens (including phenoxy) is 1. The molecule has 4 heteroatoms. The molecule has 0 spiro atoms. The zero-order valence-corrected chi connectivity index (χ0v) is 11.9. The molecule has 1 aliphatic carbocycles. The van der Waals surface area contributed by atoms with Crippen molar-refractivity contribution in [3.8, 4) is 0 Å². The van der Waals surface area contributed by atoms with Gasteiger partial charge in [-0.05, 0) is 30.5 Å². The standard InChI is InChI=1S/C15H21ClFNO/c16-14-9-13(17)6-5-12(14)10-19-11-15(18)7-3-1-2-4-8-15/h5-6,9H,1-4,7-8,10-11,18H2. The van der Waals surface area contributed by atoms with E-state index in [4.69, 9.17) is 22.1 Å². The van der Waals surface area contributed by atoms with Gasteiger partial charge in [-0.25, -0.2) is 4.39 Å². The van der Waals surface area contributed by atoms with E-state index in [0.717, 1.165) is 18.4 Å². The van der Waals surface area contributed by atoms with Crippen LogP contribution in [0.4, 0.5) is 4.39 Å². The molecule has 19 heavy (non-hydrogen) atoms. The van der Waals surface area contributed by atoms with Crippen LogP contribution in [0.5, 0.6) is 0 Å². The fourth-order valence-corrected chi connectivity index (χ4v) is 2.80. The van der Waals surface area contributed by atoms with Gasteiger partial charge in [-0.15, -0.1) is 0 Å². The average molecular weight is 286 g/mol. The molecule has 0 bridgehead atoms. The second kappa shape index (κ2) is 6.69. The normalized spacial score (nSPS) is 19.1. The van der Waals surface area contributed by atoms with Gasteiger partial charge in [0.05, 0.1) is 13.2 Å². The maximum Gasteiger partial charge on any atom is 0.124 e. The first-order valence-corrected chi connectivity index (χ1v) is 7.27. The lowest BCUT2D eigenvalue weighted by Gasteiger charge is -2.27. The van der Waals surface area contributed by atoms with E-state index in [1.165, 1.54) is 37.8 Å². The Bertz CT molecular complexity index is 417. The van der Waals surface area contributed by atoms with Crippen LogP contribution in [-0.2, 0) is 11.3 Å². The molecule has 1 aromatic rings. The third-order valence-electron chi connectivity index (χ3n) is 3.76. The Balaban J connectivity index is 1.85. The van der Waals surface area contributed by atoms with Crippen molar-refractivity contribution < 1.29 is 9.13 Å². The number of rotatable bonds is 4. The quantitative estimate of drug-likeness (QED) is 0.847. The second-order valence-corrected chi connectivity index (χ2v) is 5.91. The summed E-state index contributed by atoms with van der Waals surface area (Å²) in [7, 11) is 0. The van der Waals surface area contributed by atoms with E-state index in [-0.39, 0.29) is 11.4 Å². The monoisotopic (exact) mass is 285 g/mol. The highest BCUT2D eigenvalue weighted by atomic mass is 35.5. The van der Waals surface area contributed by atoms with Gasteiger partial charge < -0.3 is 10.5 Å². The van der Waals surface area contributed by atoms with Gasteiger partial charge in [0.2, 0.25) is 0 Å². The van der Waals surface area contributed by atoms with Crippen LogP contribution in [0.15, 0.2) is 18.2 Å². The van der Waals surface area contributed by atoms with Gasteiger partial charge >= 0.3 is 0 Å². The summed E-state index contributed by atoms with van der Waals surface area (Å²) in [5.74, 6) is -0.326. The van der Waals surface area contributed by atoms with Gasteiger partial charge in [-0.1, -0.05) is 43.4 Å². The molecule has 1 fully saturated rings. The molecule has 0 saturated heterocycles. The fourth-order valence-electron chi connectivity index (χ4n) is 2.58. The fraction of sp³-hybridized carbons (Fsp3) is 0.600. The Hall–Kier alpha value is -0.640.